The molecule has 1 aromatic heterocycles. The van der Waals surface area contributed by atoms with Gasteiger partial charge in [-0.1, -0.05) is 33.2 Å². The fourth-order valence-corrected chi connectivity index (χ4v) is 4.25. The average molecular weight is 417 g/mol. The molecule has 0 fully saturated rings. The maximum absolute atomic E-state index is 12.5. The molecule has 0 aliphatic heterocycles. The molecule has 1 amide bonds. The normalized spacial score (nSPS) is 11.6. The van der Waals surface area contributed by atoms with Crippen LogP contribution in [0.2, 0.25) is 0 Å². The van der Waals surface area contributed by atoms with E-state index in [4.69, 9.17) is 6.42 Å². The van der Waals surface area contributed by atoms with Crippen molar-refractivity contribution in [2.75, 3.05) is 6.26 Å². The van der Waals surface area contributed by atoms with E-state index in [0.29, 0.717) is 16.9 Å². The summed E-state index contributed by atoms with van der Waals surface area (Å²) in [6.07, 6.45) is 7.48. The molecule has 3 rings (SSSR count). The smallest absolute Gasteiger partial charge is 0.279 e. The Labute approximate surface area is 156 Å². The quantitative estimate of drug-likeness (QED) is 0.463. The summed E-state index contributed by atoms with van der Waals surface area (Å²) in [6, 6.07) is 13.4. The number of rotatable bonds is 3. The van der Waals surface area contributed by atoms with Crippen LogP contribution in [0, 0.1) is 12.3 Å². The lowest BCUT2D eigenvalue weighted by molar-refractivity contribution is 0.0998. The first-order chi connectivity index (χ1) is 11.6. The van der Waals surface area contributed by atoms with E-state index in [9.17, 15) is 4.79 Å². The standard InChI is InChI=1S/C18H13BrN2OS2/c1-3-10-21-15-9-6-13(19)11-16(15)24-18(21)20-17(22)12-4-7-14(23-2)8-5-12/h1,4-9,11H,10H2,2H3. The highest BCUT2D eigenvalue weighted by molar-refractivity contribution is 9.10. The van der Waals surface area contributed by atoms with Crippen molar-refractivity contribution in [1.29, 1.82) is 0 Å². The number of hydrogen-bond donors (Lipinski definition) is 0. The fraction of sp³-hybridized carbons (Fsp3) is 0.111. The van der Waals surface area contributed by atoms with Crippen LogP contribution in [0.25, 0.3) is 10.2 Å². The van der Waals surface area contributed by atoms with Crippen LogP contribution in [0.1, 0.15) is 10.4 Å². The van der Waals surface area contributed by atoms with E-state index in [2.05, 4.69) is 26.8 Å². The van der Waals surface area contributed by atoms with Gasteiger partial charge in [-0.05, 0) is 48.7 Å². The molecular weight excluding hydrogens is 404 g/mol. The summed E-state index contributed by atoms with van der Waals surface area (Å²) < 4.78 is 3.90. The molecule has 0 saturated carbocycles. The topological polar surface area (TPSA) is 34.4 Å². The van der Waals surface area contributed by atoms with Crippen molar-refractivity contribution < 1.29 is 4.79 Å². The molecule has 0 saturated heterocycles. The Morgan fingerprint density at radius 2 is 2.08 bits per heavy atom. The highest BCUT2D eigenvalue weighted by atomic mass is 79.9. The van der Waals surface area contributed by atoms with E-state index in [1.807, 2.05) is 41.2 Å². The Bertz CT molecular complexity index is 1010. The molecule has 0 N–H and O–H groups in total. The maximum atomic E-state index is 12.5. The summed E-state index contributed by atoms with van der Waals surface area (Å²) >= 11 is 6.55. The van der Waals surface area contributed by atoms with Crippen molar-refractivity contribution in [2.24, 2.45) is 4.99 Å². The third-order valence-corrected chi connectivity index (χ3v) is 5.71. The second kappa shape index (κ2) is 7.39. The van der Waals surface area contributed by atoms with E-state index >= 15 is 0 Å². The van der Waals surface area contributed by atoms with Gasteiger partial charge in [0.1, 0.15) is 0 Å². The molecule has 0 atom stereocenters. The van der Waals surface area contributed by atoms with Crippen LogP contribution in [0.5, 0.6) is 0 Å². The third-order valence-electron chi connectivity index (χ3n) is 3.43. The van der Waals surface area contributed by atoms with Gasteiger partial charge < -0.3 is 4.57 Å². The molecule has 24 heavy (non-hydrogen) atoms. The van der Waals surface area contributed by atoms with E-state index < -0.39 is 0 Å². The highest BCUT2D eigenvalue weighted by Gasteiger charge is 2.09. The van der Waals surface area contributed by atoms with Gasteiger partial charge in [0.2, 0.25) is 0 Å². The number of hydrogen-bond acceptors (Lipinski definition) is 3. The minimum absolute atomic E-state index is 0.265. The Kier molecular flexibility index (Phi) is 5.24. The molecule has 1 heterocycles. The molecule has 6 heteroatoms. The van der Waals surface area contributed by atoms with Gasteiger partial charge in [0, 0.05) is 14.9 Å². The second-order valence-corrected chi connectivity index (χ2v) is 7.74. The van der Waals surface area contributed by atoms with E-state index in [-0.39, 0.29) is 5.91 Å². The number of nitrogens with zero attached hydrogens (tertiary/aromatic N) is 2. The van der Waals surface area contributed by atoms with Gasteiger partial charge in [-0.2, -0.15) is 4.99 Å². The molecule has 0 aliphatic rings. The van der Waals surface area contributed by atoms with E-state index in [1.54, 1.807) is 23.9 Å². The van der Waals surface area contributed by atoms with Gasteiger partial charge in [-0.3, -0.25) is 4.79 Å². The molecule has 2 aromatic carbocycles. The number of amides is 1. The predicted octanol–water partition coefficient (Wildman–Crippen LogP) is 4.56. The first kappa shape index (κ1) is 17.0. The summed E-state index contributed by atoms with van der Waals surface area (Å²) in [6.45, 7) is 0.374. The number of benzene rings is 2. The third kappa shape index (κ3) is 3.48. The Morgan fingerprint density at radius 1 is 1.33 bits per heavy atom. The van der Waals surface area contributed by atoms with Crippen LogP contribution in [0.15, 0.2) is 56.8 Å². The number of aromatic nitrogens is 1. The van der Waals surface area contributed by atoms with Crippen molar-refractivity contribution in [1.82, 2.24) is 4.57 Å². The number of carbonyl (C=O) groups is 1. The zero-order valence-electron chi connectivity index (χ0n) is 12.8. The Hall–Kier alpha value is -1.81. The molecule has 0 spiro atoms. The fourth-order valence-electron chi connectivity index (χ4n) is 2.26. The lowest BCUT2D eigenvalue weighted by atomic mass is 10.2. The van der Waals surface area contributed by atoms with Gasteiger partial charge in [-0.25, -0.2) is 0 Å². The van der Waals surface area contributed by atoms with Gasteiger partial charge in [-0.15, -0.1) is 18.2 Å². The predicted molar refractivity (Wildman–Crippen MR) is 104 cm³/mol. The van der Waals surface area contributed by atoms with Crippen molar-refractivity contribution in [3.63, 3.8) is 0 Å². The van der Waals surface area contributed by atoms with Crippen molar-refractivity contribution in [3.05, 3.63) is 57.3 Å². The largest absolute Gasteiger partial charge is 0.305 e. The average Bonchev–Trinajstić information content (AvgIpc) is 2.91. The Morgan fingerprint density at radius 3 is 2.75 bits per heavy atom. The summed E-state index contributed by atoms with van der Waals surface area (Å²) in [5.74, 6) is 2.36. The van der Waals surface area contributed by atoms with E-state index in [1.165, 1.54) is 11.3 Å². The molecule has 0 unspecified atom stereocenters. The monoisotopic (exact) mass is 416 g/mol. The van der Waals surface area contributed by atoms with Gasteiger partial charge in [0.05, 0.1) is 16.8 Å². The van der Waals surface area contributed by atoms with Gasteiger partial charge in [0.15, 0.2) is 4.80 Å². The van der Waals surface area contributed by atoms with Gasteiger partial charge >= 0.3 is 0 Å². The van der Waals surface area contributed by atoms with Crippen molar-refractivity contribution in [3.8, 4) is 12.3 Å². The minimum atomic E-state index is -0.265. The number of thiazole rings is 1. The number of fused-ring (bicyclic) bond motifs is 1. The number of thioether (sulfide) groups is 1. The molecule has 0 aliphatic carbocycles. The SMILES string of the molecule is C#CCn1c(=NC(=O)c2ccc(SC)cc2)sc2cc(Br)ccc21. The highest BCUT2D eigenvalue weighted by Crippen LogP contribution is 2.22. The summed E-state index contributed by atoms with van der Waals surface area (Å²) in [5, 5.41) is 0. The minimum Gasteiger partial charge on any atom is -0.305 e. The molecule has 0 radical (unpaired) electrons. The van der Waals surface area contributed by atoms with E-state index in [0.717, 1.165) is 19.6 Å². The zero-order chi connectivity index (χ0) is 17.1. The molecule has 3 aromatic rings. The van der Waals surface area contributed by atoms with Crippen LogP contribution in [-0.4, -0.2) is 16.7 Å². The lowest BCUT2D eigenvalue weighted by Gasteiger charge is -2.00. The molecular formula is C18H13BrN2OS2. The first-order valence-corrected chi connectivity index (χ1v) is 9.91. The van der Waals surface area contributed by atoms with Crippen LogP contribution >= 0.6 is 39.0 Å². The number of halogens is 1. The second-order valence-electron chi connectivity index (χ2n) is 4.93. The van der Waals surface area contributed by atoms with Crippen LogP contribution in [-0.2, 0) is 6.54 Å². The number of carbonyl (C=O) groups excluding carboxylic acids is 1. The zero-order valence-corrected chi connectivity index (χ0v) is 16.0. The van der Waals surface area contributed by atoms with Gasteiger partial charge in [0.25, 0.3) is 5.91 Å². The van der Waals surface area contributed by atoms with Crippen molar-refractivity contribution in [2.45, 2.75) is 11.4 Å². The van der Waals surface area contributed by atoms with Crippen LogP contribution in [0.4, 0.5) is 0 Å². The summed E-state index contributed by atoms with van der Waals surface area (Å²) in [4.78, 5) is 18.5. The maximum Gasteiger partial charge on any atom is 0.279 e. The lowest BCUT2D eigenvalue weighted by Crippen LogP contribution is -2.16. The van der Waals surface area contributed by atoms with Crippen molar-refractivity contribution >= 4 is 55.2 Å². The summed E-state index contributed by atoms with van der Waals surface area (Å²) in [5.41, 5.74) is 1.55. The summed E-state index contributed by atoms with van der Waals surface area (Å²) in [7, 11) is 0. The number of terminal acetylenes is 1. The van der Waals surface area contributed by atoms with Crippen LogP contribution < -0.4 is 4.80 Å². The van der Waals surface area contributed by atoms with Crippen LogP contribution in [0.3, 0.4) is 0 Å². The Balaban J connectivity index is 2.09. The molecule has 3 nitrogen and oxygen atoms in total. The molecule has 120 valence electrons. The molecule has 0 bridgehead atoms. The first-order valence-electron chi connectivity index (χ1n) is 7.08.